The lowest BCUT2D eigenvalue weighted by atomic mass is 10.2. The molecule has 0 amide bonds. The van der Waals surface area contributed by atoms with Gasteiger partial charge in [0.05, 0.1) is 10.5 Å². The van der Waals surface area contributed by atoms with Crippen molar-refractivity contribution in [2.45, 2.75) is 6.54 Å². The van der Waals surface area contributed by atoms with Crippen molar-refractivity contribution >= 4 is 17.5 Å². The van der Waals surface area contributed by atoms with Crippen LogP contribution in [0, 0.1) is 10.1 Å². The van der Waals surface area contributed by atoms with E-state index in [2.05, 4.69) is 10.3 Å². The molecule has 0 aliphatic rings. The van der Waals surface area contributed by atoms with Gasteiger partial charge in [0.15, 0.2) is 0 Å². The standard InChI is InChI=1S/C13H11N3O4/c17-13(18)10-5-6-14-12(7-10)15-8-9-1-3-11(4-2-9)16(19)20/h1-7H,8H2,(H,14,15)(H,17,18). The number of nitro groups is 1. The number of carbonyl (C=O) groups is 1. The highest BCUT2D eigenvalue weighted by Crippen LogP contribution is 2.13. The number of pyridine rings is 1. The van der Waals surface area contributed by atoms with Crippen LogP contribution in [0.1, 0.15) is 15.9 Å². The average molecular weight is 273 g/mol. The molecular formula is C13H11N3O4. The fourth-order valence-electron chi connectivity index (χ4n) is 1.59. The Kier molecular flexibility index (Phi) is 3.90. The van der Waals surface area contributed by atoms with Crippen LogP contribution in [0.4, 0.5) is 11.5 Å². The first-order valence-electron chi connectivity index (χ1n) is 5.73. The molecule has 1 heterocycles. The zero-order valence-electron chi connectivity index (χ0n) is 10.3. The van der Waals surface area contributed by atoms with Gasteiger partial charge in [0.2, 0.25) is 0 Å². The highest BCUT2D eigenvalue weighted by atomic mass is 16.6. The number of aromatic nitrogens is 1. The Labute approximate surface area is 114 Å². The van der Waals surface area contributed by atoms with Crippen LogP contribution in [0.5, 0.6) is 0 Å². The highest BCUT2D eigenvalue weighted by Gasteiger charge is 2.05. The number of aromatic carboxylic acids is 1. The Morgan fingerprint density at radius 1 is 1.30 bits per heavy atom. The van der Waals surface area contributed by atoms with Gasteiger partial charge < -0.3 is 10.4 Å². The molecule has 20 heavy (non-hydrogen) atoms. The third-order valence-corrected chi connectivity index (χ3v) is 2.63. The SMILES string of the molecule is O=C(O)c1ccnc(NCc2ccc([N+](=O)[O-])cc2)c1. The van der Waals surface area contributed by atoms with Gasteiger partial charge in [0.25, 0.3) is 5.69 Å². The first-order chi connectivity index (χ1) is 9.56. The summed E-state index contributed by atoms with van der Waals surface area (Å²) in [5, 5.41) is 22.3. The van der Waals surface area contributed by atoms with Gasteiger partial charge in [-0.15, -0.1) is 0 Å². The molecule has 1 aromatic heterocycles. The fourth-order valence-corrected chi connectivity index (χ4v) is 1.59. The van der Waals surface area contributed by atoms with E-state index in [4.69, 9.17) is 5.11 Å². The smallest absolute Gasteiger partial charge is 0.335 e. The van der Waals surface area contributed by atoms with Crippen LogP contribution in [-0.2, 0) is 6.54 Å². The second-order valence-electron chi connectivity index (χ2n) is 4.01. The fraction of sp³-hybridized carbons (Fsp3) is 0.0769. The number of carboxylic acids is 1. The lowest BCUT2D eigenvalue weighted by Gasteiger charge is -2.06. The van der Waals surface area contributed by atoms with E-state index in [1.807, 2.05) is 0 Å². The molecule has 0 aliphatic heterocycles. The predicted molar refractivity (Wildman–Crippen MR) is 71.6 cm³/mol. The maximum atomic E-state index is 10.8. The van der Waals surface area contributed by atoms with Crippen LogP contribution < -0.4 is 5.32 Å². The molecule has 0 saturated carbocycles. The van der Waals surface area contributed by atoms with Crippen molar-refractivity contribution in [3.05, 3.63) is 63.8 Å². The van der Waals surface area contributed by atoms with Crippen LogP contribution >= 0.6 is 0 Å². The van der Waals surface area contributed by atoms with E-state index in [-0.39, 0.29) is 11.3 Å². The second kappa shape index (κ2) is 5.79. The summed E-state index contributed by atoms with van der Waals surface area (Å²) in [5.41, 5.74) is 1.00. The maximum absolute atomic E-state index is 10.8. The second-order valence-corrected chi connectivity index (χ2v) is 4.01. The van der Waals surface area contributed by atoms with Crippen molar-refractivity contribution < 1.29 is 14.8 Å². The third-order valence-electron chi connectivity index (χ3n) is 2.63. The minimum Gasteiger partial charge on any atom is -0.478 e. The van der Waals surface area contributed by atoms with Crippen LogP contribution in [0.3, 0.4) is 0 Å². The number of nitrogens with zero attached hydrogens (tertiary/aromatic N) is 2. The molecule has 7 heteroatoms. The number of benzene rings is 1. The highest BCUT2D eigenvalue weighted by molar-refractivity contribution is 5.88. The lowest BCUT2D eigenvalue weighted by Crippen LogP contribution is -2.04. The van der Waals surface area contributed by atoms with Crippen molar-refractivity contribution in [1.82, 2.24) is 4.98 Å². The van der Waals surface area contributed by atoms with Crippen LogP contribution in [0.25, 0.3) is 0 Å². The van der Waals surface area contributed by atoms with Gasteiger partial charge >= 0.3 is 5.97 Å². The largest absolute Gasteiger partial charge is 0.478 e. The Hall–Kier alpha value is -2.96. The lowest BCUT2D eigenvalue weighted by molar-refractivity contribution is -0.384. The molecule has 2 rings (SSSR count). The van der Waals surface area contributed by atoms with Gasteiger partial charge in [0, 0.05) is 24.9 Å². The number of nitro benzene ring substituents is 1. The van der Waals surface area contributed by atoms with Crippen molar-refractivity contribution in [2.24, 2.45) is 0 Å². The number of hydrogen-bond donors (Lipinski definition) is 2. The monoisotopic (exact) mass is 273 g/mol. The van der Waals surface area contributed by atoms with Crippen LogP contribution in [0.2, 0.25) is 0 Å². The van der Waals surface area contributed by atoms with Gasteiger partial charge in [-0.25, -0.2) is 9.78 Å². The van der Waals surface area contributed by atoms with Crippen LogP contribution in [0.15, 0.2) is 42.6 Å². The van der Waals surface area contributed by atoms with Gasteiger partial charge in [-0.2, -0.15) is 0 Å². The minimum atomic E-state index is -1.02. The maximum Gasteiger partial charge on any atom is 0.335 e. The number of rotatable bonds is 5. The summed E-state index contributed by atoms with van der Waals surface area (Å²) in [5.74, 6) is -0.589. The normalized spacial score (nSPS) is 10.0. The zero-order chi connectivity index (χ0) is 14.5. The Morgan fingerprint density at radius 3 is 2.60 bits per heavy atom. The van der Waals surface area contributed by atoms with E-state index < -0.39 is 10.9 Å². The molecule has 0 fully saturated rings. The van der Waals surface area contributed by atoms with E-state index >= 15 is 0 Å². The van der Waals surface area contributed by atoms with E-state index in [0.717, 1.165) is 5.56 Å². The Bertz CT molecular complexity index is 640. The summed E-state index contributed by atoms with van der Waals surface area (Å²) in [4.78, 5) is 24.9. The topological polar surface area (TPSA) is 105 Å². The molecule has 1 aromatic carbocycles. The quantitative estimate of drug-likeness (QED) is 0.639. The van der Waals surface area contributed by atoms with E-state index in [0.29, 0.717) is 12.4 Å². The molecule has 0 bridgehead atoms. The number of carboxylic acid groups (broad SMARTS) is 1. The minimum absolute atomic E-state index is 0.0275. The Morgan fingerprint density at radius 2 is 2.00 bits per heavy atom. The summed E-state index contributed by atoms with van der Waals surface area (Å²) in [7, 11) is 0. The predicted octanol–water partition coefficient (Wildman–Crippen LogP) is 2.30. The molecule has 0 saturated heterocycles. The number of hydrogen-bond acceptors (Lipinski definition) is 5. The molecule has 7 nitrogen and oxygen atoms in total. The van der Waals surface area contributed by atoms with E-state index in [1.54, 1.807) is 12.1 Å². The molecule has 0 unspecified atom stereocenters. The first-order valence-corrected chi connectivity index (χ1v) is 5.73. The molecule has 2 N–H and O–H groups in total. The van der Waals surface area contributed by atoms with Gasteiger partial charge in [0.1, 0.15) is 5.82 Å². The molecule has 0 spiro atoms. The number of anilines is 1. The van der Waals surface area contributed by atoms with Crippen molar-refractivity contribution in [1.29, 1.82) is 0 Å². The molecule has 0 radical (unpaired) electrons. The first kappa shape index (κ1) is 13.5. The van der Waals surface area contributed by atoms with Gasteiger partial charge in [-0.3, -0.25) is 10.1 Å². The molecule has 0 atom stereocenters. The van der Waals surface area contributed by atoms with Gasteiger partial charge in [-0.1, -0.05) is 12.1 Å². The van der Waals surface area contributed by atoms with Crippen LogP contribution in [-0.4, -0.2) is 21.0 Å². The molecular weight excluding hydrogens is 262 g/mol. The summed E-state index contributed by atoms with van der Waals surface area (Å²) in [6, 6.07) is 8.92. The summed E-state index contributed by atoms with van der Waals surface area (Å²) in [6.45, 7) is 0.397. The summed E-state index contributed by atoms with van der Waals surface area (Å²) < 4.78 is 0. The zero-order valence-corrected chi connectivity index (χ0v) is 10.3. The van der Waals surface area contributed by atoms with Crippen molar-refractivity contribution in [3.8, 4) is 0 Å². The molecule has 0 aliphatic carbocycles. The van der Waals surface area contributed by atoms with Gasteiger partial charge in [-0.05, 0) is 17.7 Å². The Balaban J connectivity index is 2.03. The van der Waals surface area contributed by atoms with E-state index in [9.17, 15) is 14.9 Å². The van der Waals surface area contributed by atoms with E-state index in [1.165, 1.54) is 30.5 Å². The number of nitrogens with one attached hydrogen (secondary N) is 1. The third kappa shape index (κ3) is 3.29. The average Bonchev–Trinajstić information content (AvgIpc) is 2.46. The van der Waals surface area contributed by atoms with Crippen molar-refractivity contribution in [2.75, 3.05) is 5.32 Å². The van der Waals surface area contributed by atoms with Crippen molar-refractivity contribution in [3.63, 3.8) is 0 Å². The molecule has 2 aromatic rings. The summed E-state index contributed by atoms with van der Waals surface area (Å²) in [6.07, 6.45) is 1.40. The summed E-state index contributed by atoms with van der Waals surface area (Å²) >= 11 is 0. The molecule has 102 valence electrons. The number of non-ortho nitro benzene ring substituents is 1.